The molecule has 0 bridgehead atoms. The minimum atomic E-state index is -4.72. The molecule has 0 aliphatic heterocycles. The third kappa shape index (κ3) is 2.54. The topological polar surface area (TPSA) is 46.2 Å². The van der Waals surface area contributed by atoms with Crippen LogP contribution in [0.25, 0.3) is 0 Å². The van der Waals surface area contributed by atoms with Gasteiger partial charge in [-0.25, -0.2) is 0 Å². The van der Waals surface area contributed by atoms with Crippen LogP contribution in [-0.2, 0) is 6.42 Å². The molecule has 90 valence electrons. The Morgan fingerprint density at radius 1 is 1.25 bits per heavy atom. The summed E-state index contributed by atoms with van der Waals surface area (Å²) in [6, 6.07) is 6.62. The molecule has 1 rings (SSSR count). The second-order valence-corrected chi connectivity index (χ2v) is 3.84. The van der Waals surface area contributed by atoms with Crippen LogP contribution in [0.2, 0.25) is 0 Å². The van der Waals surface area contributed by atoms with Crippen molar-refractivity contribution in [2.45, 2.75) is 25.1 Å². The molecule has 3 N–H and O–H groups in total. The fourth-order valence-corrected chi connectivity index (χ4v) is 1.41. The zero-order valence-electron chi connectivity index (χ0n) is 8.88. The Hall–Kier alpha value is -1.07. The van der Waals surface area contributed by atoms with Crippen molar-refractivity contribution in [3.8, 4) is 0 Å². The number of alkyl halides is 3. The molecule has 5 heteroatoms. The SMILES string of the molecule is Cc1ccccc1CC(O)(CN)C(F)(F)F. The van der Waals surface area contributed by atoms with Crippen LogP contribution >= 0.6 is 0 Å². The molecule has 0 heterocycles. The zero-order chi connectivity index (χ0) is 12.4. The summed E-state index contributed by atoms with van der Waals surface area (Å²) >= 11 is 0. The van der Waals surface area contributed by atoms with Gasteiger partial charge < -0.3 is 10.8 Å². The van der Waals surface area contributed by atoms with E-state index in [0.29, 0.717) is 11.1 Å². The van der Waals surface area contributed by atoms with Crippen LogP contribution in [0.3, 0.4) is 0 Å². The van der Waals surface area contributed by atoms with E-state index in [0.717, 1.165) is 0 Å². The highest BCUT2D eigenvalue weighted by molar-refractivity contribution is 5.27. The van der Waals surface area contributed by atoms with Crippen molar-refractivity contribution in [1.29, 1.82) is 0 Å². The third-order valence-corrected chi connectivity index (χ3v) is 2.61. The minimum absolute atomic E-state index is 0.452. The Bertz CT molecular complexity index is 364. The van der Waals surface area contributed by atoms with Gasteiger partial charge in [-0.15, -0.1) is 0 Å². The summed E-state index contributed by atoms with van der Waals surface area (Å²) in [6.07, 6.45) is -5.23. The predicted octanol–water partition coefficient (Wildman–Crippen LogP) is 1.79. The lowest BCUT2D eigenvalue weighted by Gasteiger charge is -2.29. The van der Waals surface area contributed by atoms with Gasteiger partial charge in [0.1, 0.15) is 0 Å². The van der Waals surface area contributed by atoms with Crippen LogP contribution in [0.5, 0.6) is 0 Å². The maximum Gasteiger partial charge on any atom is 0.418 e. The molecule has 0 radical (unpaired) electrons. The number of nitrogens with two attached hydrogens (primary N) is 1. The van der Waals surface area contributed by atoms with Crippen LogP contribution in [0.15, 0.2) is 24.3 Å². The van der Waals surface area contributed by atoms with Crippen molar-refractivity contribution in [2.75, 3.05) is 6.54 Å². The Kier molecular flexibility index (Phi) is 3.60. The summed E-state index contributed by atoms with van der Waals surface area (Å²) in [5.74, 6) is 0. The lowest BCUT2D eigenvalue weighted by molar-refractivity contribution is -0.255. The van der Waals surface area contributed by atoms with Crippen molar-refractivity contribution < 1.29 is 18.3 Å². The van der Waals surface area contributed by atoms with Crippen LogP contribution in [0, 0.1) is 6.92 Å². The van der Waals surface area contributed by atoms with E-state index < -0.39 is 24.7 Å². The van der Waals surface area contributed by atoms with Crippen molar-refractivity contribution in [2.24, 2.45) is 5.73 Å². The van der Waals surface area contributed by atoms with Gasteiger partial charge in [-0.05, 0) is 18.1 Å². The summed E-state index contributed by atoms with van der Waals surface area (Å²) < 4.78 is 37.8. The fourth-order valence-electron chi connectivity index (χ4n) is 1.41. The van der Waals surface area contributed by atoms with Crippen LogP contribution in [0.4, 0.5) is 13.2 Å². The van der Waals surface area contributed by atoms with E-state index in [1.165, 1.54) is 0 Å². The Labute approximate surface area is 91.9 Å². The Balaban J connectivity index is 2.99. The molecule has 1 aromatic rings. The summed E-state index contributed by atoms with van der Waals surface area (Å²) in [6.45, 7) is 0.855. The minimum Gasteiger partial charge on any atom is -0.379 e. The lowest BCUT2D eigenvalue weighted by atomic mass is 9.91. The van der Waals surface area contributed by atoms with Crippen molar-refractivity contribution in [1.82, 2.24) is 0 Å². The van der Waals surface area contributed by atoms with Crippen molar-refractivity contribution in [3.63, 3.8) is 0 Å². The van der Waals surface area contributed by atoms with Gasteiger partial charge >= 0.3 is 6.18 Å². The van der Waals surface area contributed by atoms with Crippen LogP contribution in [0.1, 0.15) is 11.1 Å². The molecular formula is C11H14F3NO. The molecule has 0 aromatic heterocycles. The normalized spacial score (nSPS) is 15.9. The number of rotatable bonds is 3. The zero-order valence-corrected chi connectivity index (χ0v) is 8.88. The summed E-state index contributed by atoms with van der Waals surface area (Å²) in [4.78, 5) is 0. The molecule has 0 aliphatic carbocycles. The average Bonchev–Trinajstić information content (AvgIpc) is 2.19. The monoisotopic (exact) mass is 233 g/mol. The fraction of sp³-hybridized carbons (Fsp3) is 0.455. The van der Waals surface area contributed by atoms with Crippen molar-refractivity contribution in [3.05, 3.63) is 35.4 Å². The third-order valence-electron chi connectivity index (χ3n) is 2.61. The number of benzene rings is 1. The van der Waals surface area contributed by atoms with Crippen LogP contribution < -0.4 is 5.73 Å². The molecule has 1 atom stereocenters. The van der Waals surface area contributed by atoms with E-state index in [1.54, 1.807) is 31.2 Å². The molecule has 1 unspecified atom stereocenters. The standard InChI is InChI=1S/C11H14F3NO/c1-8-4-2-3-5-9(8)6-10(16,7-15)11(12,13)14/h2-5,16H,6-7,15H2,1H3. The Morgan fingerprint density at radius 2 is 1.81 bits per heavy atom. The molecule has 2 nitrogen and oxygen atoms in total. The highest BCUT2D eigenvalue weighted by Gasteiger charge is 2.52. The molecule has 0 saturated heterocycles. The molecule has 1 aromatic carbocycles. The molecule has 0 fully saturated rings. The summed E-state index contributed by atoms with van der Waals surface area (Å²) in [5, 5.41) is 9.48. The van der Waals surface area contributed by atoms with E-state index in [9.17, 15) is 18.3 Å². The molecule has 16 heavy (non-hydrogen) atoms. The Morgan fingerprint density at radius 3 is 2.25 bits per heavy atom. The molecule has 0 saturated carbocycles. The average molecular weight is 233 g/mol. The van der Waals surface area contributed by atoms with Gasteiger partial charge in [0.05, 0.1) is 0 Å². The maximum atomic E-state index is 12.6. The second kappa shape index (κ2) is 4.43. The van der Waals surface area contributed by atoms with Gasteiger partial charge in [-0.1, -0.05) is 24.3 Å². The first-order valence-electron chi connectivity index (χ1n) is 4.84. The molecule has 0 spiro atoms. The number of aliphatic hydroxyl groups is 1. The quantitative estimate of drug-likeness (QED) is 0.836. The van der Waals surface area contributed by atoms with Gasteiger partial charge in [0.15, 0.2) is 5.60 Å². The first-order valence-corrected chi connectivity index (χ1v) is 4.84. The maximum absolute atomic E-state index is 12.6. The first-order chi connectivity index (χ1) is 7.30. The van der Waals surface area contributed by atoms with Gasteiger partial charge in [0.25, 0.3) is 0 Å². The highest BCUT2D eigenvalue weighted by atomic mass is 19.4. The molecular weight excluding hydrogens is 219 g/mol. The van der Waals surface area contributed by atoms with Crippen LogP contribution in [-0.4, -0.2) is 23.4 Å². The van der Waals surface area contributed by atoms with E-state index in [-0.39, 0.29) is 0 Å². The summed E-state index contributed by atoms with van der Waals surface area (Å²) in [5.41, 5.74) is 3.33. The van der Waals surface area contributed by atoms with E-state index >= 15 is 0 Å². The number of aryl methyl sites for hydroxylation is 1. The molecule has 0 amide bonds. The summed E-state index contributed by atoms with van der Waals surface area (Å²) in [7, 11) is 0. The van der Waals surface area contributed by atoms with E-state index in [4.69, 9.17) is 5.73 Å². The first kappa shape index (κ1) is 13.0. The number of hydrogen-bond acceptors (Lipinski definition) is 2. The smallest absolute Gasteiger partial charge is 0.379 e. The van der Waals surface area contributed by atoms with Gasteiger partial charge in [-0.2, -0.15) is 13.2 Å². The molecule has 0 aliphatic rings. The largest absolute Gasteiger partial charge is 0.418 e. The van der Waals surface area contributed by atoms with Gasteiger partial charge in [-0.3, -0.25) is 0 Å². The van der Waals surface area contributed by atoms with Crippen molar-refractivity contribution >= 4 is 0 Å². The number of hydrogen-bond donors (Lipinski definition) is 2. The van der Waals surface area contributed by atoms with E-state index in [2.05, 4.69) is 0 Å². The lowest BCUT2D eigenvalue weighted by Crippen LogP contribution is -2.52. The van der Waals surface area contributed by atoms with Gasteiger partial charge in [0, 0.05) is 13.0 Å². The number of halogens is 3. The second-order valence-electron chi connectivity index (χ2n) is 3.84. The predicted molar refractivity (Wildman–Crippen MR) is 54.9 cm³/mol. The van der Waals surface area contributed by atoms with Gasteiger partial charge in [0.2, 0.25) is 0 Å². The van der Waals surface area contributed by atoms with E-state index in [1.807, 2.05) is 0 Å². The highest BCUT2D eigenvalue weighted by Crippen LogP contribution is 2.33.